The van der Waals surface area contributed by atoms with Crippen molar-refractivity contribution >= 4 is 5.84 Å². The number of nitrogens with two attached hydrogens (primary N) is 1. The van der Waals surface area contributed by atoms with E-state index >= 15 is 0 Å². The zero-order valence-electron chi connectivity index (χ0n) is 11.6. The highest BCUT2D eigenvalue weighted by molar-refractivity contribution is 5.86. The Hall–Kier alpha value is -2.30. The molecule has 0 spiro atoms. The third kappa shape index (κ3) is 3.17. The molecular formula is C15H20N4O. The summed E-state index contributed by atoms with van der Waals surface area (Å²) < 4.78 is 2.07. The van der Waals surface area contributed by atoms with E-state index in [1.807, 2.05) is 36.5 Å². The van der Waals surface area contributed by atoms with E-state index in [0.717, 1.165) is 24.2 Å². The van der Waals surface area contributed by atoms with E-state index in [-0.39, 0.29) is 11.8 Å². The summed E-state index contributed by atoms with van der Waals surface area (Å²) in [6.45, 7) is 2.74. The molecule has 20 heavy (non-hydrogen) atoms. The molecule has 0 saturated heterocycles. The van der Waals surface area contributed by atoms with Crippen LogP contribution < -0.4 is 5.73 Å². The summed E-state index contributed by atoms with van der Waals surface area (Å²) in [4.78, 5) is 4.36. The zero-order chi connectivity index (χ0) is 14.4. The van der Waals surface area contributed by atoms with Crippen molar-refractivity contribution in [3.8, 4) is 0 Å². The van der Waals surface area contributed by atoms with E-state index in [4.69, 9.17) is 10.9 Å². The summed E-state index contributed by atoms with van der Waals surface area (Å²) in [5.74, 6) is 1.08. The highest BCUT2D eigenvalue weighted by Crippen LogP contribution is 2.19. The monoisotopic (exact) mass is 272 g/mol. The van der Waals surface area contributed by atoms with Gasteiger partial charge in [-0.15, -0.1) is 0 Å². The van der Waals surface area contributed by atoms with Gasteiger partial charge in [0, 0.05) is 25.4 Å². The second-order valence-electron chi connectivity index (χ2n) is 4.73. The number of benzene rings is 1. The van der Waals surface area contributed by atoms with Gasteiger partial charge in [-0.1, -0.05) is 42.4 Å². The summed E-state index contributed by atoms with van der Waals surface area (Å²) in [5, 5.41) is 12.2. The number of aromatic nitrogens is 2. The maximum atomic E-state index is 9.01. The van der Waals surface area contributed by atoms with Crippen LogP contribution in [0.5, 0.6) is 0 Å². The minimum atomic E-state index is -0.161. The lowest BCUT2D eigenvalue weighted by molar-refractivity contribution is 0.315. The SMILES string of the molecule is CCCc1nccn1CC(C(N)=NO)c1ccccc1. The van der Waals surface area contributed by atoms with Gasteiger partial charge >= 0.3 is 0 Å². The molecule has 1 aromatic heterocycles. The molecule has 5 heteroatoms. The molecule has 0 aliphatic rings. The van der Waals surface area contributed by atoms with Gasteiger partial charge in [-0.25, -0.2) is 4.98 Å². The van der Waals surface area contributed by atoms with Crippen LogP contribution >= 0.6 is 0 Å². The number of hydrogen-bond donors (Lipinski definition) is 2. The average molecular weight is 272 g/mol. The first-order valence-electron chi connectivity index (χ1n) is 6.78. The number of rotatable bonds is 6. The Morgan fingerprint density at radius 1 is 1.40 bits per heavy atom. The molecule has 2 rings (SSSR count). The van der Waals surface area contributed by atoms with E-state index in [1.165, 1.54) is 0 Å². The van der Waals surface area contributed by atoms with Crippen molar-refractivity contribution in [2.75, 3.05) is 0 Å². The van der Waals surface area contributed by atoms with Crippen LogP contribution in [0.4, 0.5) is 0 Å². The van der Waals surface area contributed by atoms with Gasteiger partial charge in [0.15, 0.2) is 0 Å². The number of amidine groups is 1. The van der Waals surface area contributed by atoms with Crippen LogP contribution in [-0.4, -0.2) is 20.6 Å². The normalized spacial score (nSPS) is 13.3. The first-order valence-corrected chi connectivity index (χ1v) is 6.78. The van der Waals surface area contributed by atoms with Gasteiger partial charge in [-0.05, 0) is 12.0 Å². The number of hydrogen-bond acceptors (Lipinski definition) is 3. The Balaban J connectivity index is 2.27. The van der Waals surface area contributed by atoms with Gasteiger partial charge in [0.05, 0.1) is 5.92 Å². The maximum Gasteiger partial charge on any atom is 0.148 e. The molecule has 1 heterocycles. The Labute approximate surface area is 118 Å². The Bertz CT molecular complexity index is 562. The highest BCUT2D eigenvalue weighted by Gasteiger charge is 2.18. The van der Waals surface area contributed by atoms with Gasteiger partial charge in [-0.2, -0.15) is 0 Å². The summed E-state index contributed by atoms with van der Waals surface area (Å²) in [6, 6.07) is 9.83. The summed E-state index contributed by atoms with van der Waals surface area (Å²) >= 11 is 0. The fourth-order valence-electron chi connectivity index (χ4n) is 2.28. The summed E-state index contributed by atoms with van der Waals surface area (Å²) in [6.07, 6.45) is 5.69. The van der Waals surface area contributed by atoms with Gasteiger partial charge in [0.25, 0.3) is 0 Å². The third-order valence-electron chi connectivity index (χ3n) is 3.33. The molecule has 1 aromatic carbocycles. The number of oxime groups is 1. The van der Waals surface area contributed by atoms with Crippen LogP contribution in [0.15, 0.2) is 47.9 Å². The van der Waals surface area contributed by atoms with E-state index < -0.39 is 0 Å². The lowest BCUT2D eigenvalue weighted by atomic mass is 9.98. The largest absolute Gasteiger partial charge is 0.409 e. The third-order valence-corrected chi connectivity index (χ3v) is 3.33. The van der Waals surface area contributed by atoms with Crippen LogP contribution in [0.3, 0.4) is 0 Å². The minimum absolute atomic E-state index is 0.161. The lowest BCUT2D eigenvalue weighted by Crippen LogP contribution is -2.26. The van der Waals surface area contributed by atoms with E-state index in [0.29, 0.717) is 6.54 Å². The van der Waals surface area contributed by atoms with E-state index in [9.17, 15) is 0 Å². The van der Waals surface area contributed by atoms with Gasteiger partial charge < -0.3 is 15.5 Å². The number of aryl methyl sites for hydroxylation is 1. The van der Waals surface area contributed by atoms with Crippen LogP contribution in [0.2, 0.25) is 0 Å². The fraction of sp³-hybridized carbons (Fsp3) is 0.333. The molecule has 0 radical (unpaired) electrons. The Morgan fingerprint density at radius 2 is 2.15 bits per heavy atom. The smallest absolute Gasteiger partial charge is 0.148 e. The van der Waals surface area contributed by atoms with Crippen molar-refractivity contribution in [3.63, 3.8) is 0 Å². The van der Waals surface area contributed by atoms with Crippen molar-refractivity contribution in [1.29, 1.82) is 0 Å². The van der Waals surface area contributed by atoms with E-state index in [2.05, 4.69) is 21.6 Å². The minimum Gasteiger partial charge on any atom is -0.409 e. The first-order chi connectivity index (χ1) is 9.76. The maximum absolute atomic E-state index is 9.01. The molecule has 0 saturated carbocycles. The lowest BCUT2D eigenvalue weighted by Gasteiger charge is -2.18. The van der Waals surface area contributed by atoms with Crippen LogP contribution in [-0.2, 0) is 13.0 Å². The molecule has 0 amide bonds. The predicted molar refractivity (Wildman–Crippen MR) is 78.8 cm³/mol. The molecular weight excluding hydrogens is 252 g/mol. The molecule has 1 atom stereocenters. The van der Waals surface area contributed by atoms with Crippen LogP contribution in [0, 0.1) is 0 Å². The summed E-state index contributed by atoms with van der Waals surface area (Å²) in [5.41, 5.74) is 6.88. The molecule has 2 aromatic rings. The Morgan fingerprint density at radius 3 is 2.80 bits per heavy atom. The molecule has 5 nitrogen and oxygen atoms in total. The second-order valence-corrected chi connectivity index (χ2v) is 4.73. The zero-order valence-corrected chi connectivity index (χ0v) is 11.6. The predicted octanol–water partition coefficient (Wildman–Crippen LogP) is 2.37. The van der Waals surface area contributed by atoms with E-state index in [1.54, 1.807) is 6.20 Å². The van der Waals surface area contributed by atoms with Crippen molar-refractivity contribution in [3.05, 3.63) is 54.1 Å². The summed E-state index contributed by atoms with van der Waals surface area (Å²) in [7, 11) is 0. The number of nitrogens with zero attached hydrogens (tertiary/aromatic N) is 3. The van der Waals surface area contributed by atoms with Crippen molar-refractivity contribution in [2.45, 2.75) is 32.2 Å². The average Bonchev–Trinajstić information content (AvgIpc) is 2.92. The molecule has 0 bridgehead atoms. The van der Waals surface area contributed by atoms with Crippen molar-refractivity contribution in [1.82, 2.24) is 9.55 Å². The standard InChI is InChI=1S/C15H20N4O/c1-2-6-14-17-9-10-19(14)11-13(15(16)18-20)12-7-4-3-5-8-12/h3-5,7-10,13,20H,2,6,11H2,1H3,(H2,16,18). The Kier molecular flexibility index (Phi) is 4.76. The fourth-order valence-corrected chi connectivity index (χ4v) is 2.28. The quantitative estimate of drug-likeness (QED) is 0.367. The first kappa shape index (κ1) is 14.1. The van der Waals surface area contributed by atoms with Crippen LogP contribution in [0.1, 0.15) is 30.7 Å². The molecule has 0 aliphatic carbocycles. The van der Waals surface area contributed by atoms with Gasteiger partial charge in [0.2, 0.25) is 0 Å². The van der Waals surface area contributed by atoms with Gasteiger partial charge in [-0.3, -0.25) is 0 Å². The molecule has 1 unspecified atom stereocenters. The number of imidazole rings is 1. The van der Waals surface area contributed by atoms with Gasteiger partial charge in [0.1, 0.15) is 11.7 Å². The topological polar surface area (TPSA) is 76.4 Å². The second kappa shape index (κ2) is 6.75. The van der Waals surface area contributed by atoms with Crippen molar-refractivity contribution in [2.24, 2.45) is 10.9 Å². The molecule has 0 fully saturated rings. The highest BCUT2D eigenvalue weighted by atomic mass is 16.4. The molecule has 3 N–H and O–H groups in total. The molecule has 0 aliphatic heterocycles. The molecule has 106 valence electrons. The van der Waals surface area contributed by atoms with Crippen molar-refractivity contribution < 1.29 is 5.21 Å². The van der Waals surface area contributed by atoms with Crippen LogP contribution in [0.25, 0.3) is 0 Å².